The lowest BCUT2D eigenvalue weighted by Gasteiger charge is -2.24. The molecule has 6 heteroatoms. The minimum atomic E-state index is -0.237. The molecule has 1 saturated heterocycles. The van der Waals surface area contributed by atoms with E-state index in [1.165, 1.54) is 6.26 Å². The Hall–Kier alpha value is -2.86. The Morgan fingerprint density at radius 3 is 2.93 bits per heavy atom. The molecule has 4 rings (SSSR count). The van der Waals surface area contributed by atoms with Crippen molar-refractivity contribution in [2.24, 2.45) is 0 Å². The third-order valence-corrected chi connectivity index (χ3v) is 4.91. The van der Waals surface area contributed by atoms with Gasteiger partial charge in [-0.25, -0.2) is 0 Å². The van der Waals surface area contributed by atoms with Gasteiger partial charge in [-0.05, 0) is 55.5 Å². The maximum Gasteiger partial charge on any atom is 0.289 e. The minimum Gasteiger partial charge on any atom is -0.459 e. The van der Waals surface area contributed by atoms with Crippen LogP contribution in [0.1, 0.15) is 34.5 Å². The number of hydrogen-bond donors (Lipinski definition) is 1. The largest absolute Gasteiger partial charge is 0.459 e. The highest BCUT2D eigenvalue weighted by atomic mass is 16.5. The molecule has 1 amide bonds. The molecule has 2 aromatic heterocycles. The summed E-state index contributed by atoms with van der Waals surface area (Å²) in [5.41, 5.74) is 2.27. The van der Waals surface area contributed by atoms with Crippen molar-refractivity contribution in [1.29, 1.82) is 0 Å². The molecule has 3 heterocycles. The smallest absolute Gasteiger partial charge is 0.289 e. The number of nitrogens with one attached hydrogen (secondary N) is 1. The van der Waals surface area contributed by atoms with Gasteiger partial charge in [0.25, 0.3) is 11.5 Å². The van der Waals surface area contributed by atoms with Crippen LogP contribution in [0.4, 0.5) is 0 Å². The van der Waals surface area contributed by atoms with Crippen molar-refractivity contribution in [2.75, 3.05) is 13.2 Å². The van der Waals surface area contributed by atoms with Gasteiger partial charge in [-0.1, -0.05) is 11.6 Å². The van der Waals surface area contributed by atoms with Gasteiger partial charge in [0.2, 0.25) is 0 Å². The lowest BCUT2D eigenvalue weighted by Crippen LogP contribution is -2.38. The number of ether oxygens (including phenoxy) is 1. The Morgan fingerprint density at radius 1 is 1.30 bits per heavy atom. The van der Waals surface area contributed by atoms with E-state index < -0.39 is 0 Å². The number of hydrogen-bond acceptors (Lipinski definition) is 4. The maximum absolute atomic E-state index is 12.9. The Labute approximate surface area is 156 Å². The molecule has 0 saturated carbocycles. The first-order valence-electron chi connectivity index (χ1n) is 9.17. The molecule has 1 aromatic carbocycles. The number of H-pyrrole nitrogens is 1. The number of rotatable bonds is 5. The predicted octanol–water partition coefficient (Wildman–Crippen LogP) is 3.25. The van der Waals surface area contributed by atoms with Gasteiger partial charge in [0, 0.05) is 24.2 Å². The van der Waals surface area contributed by atoms with Crippen LogP contribution in [0.5, 0.6) is 0 Å². The number of carbonyl (C=O) groups excluding carboxylic acids is 1. The zero-order valence-electron chi connectivity index (χ0n) is 15.2. The normalized spacial score (nSPS) is 16.7. The molecule has 0 aliphatic carbocycles. The third-order valence-electron chi connectivity index (χ3n) is 4.91. The summed E-state index contributed by atoms with van der Waals surface area (Å²) in [4.78, 5) is 30.0. The molecule has 0 bridgehead atoms. The van der Waals surface area contributed by atoms with E-state index >= 15 is 0 Å². The zero-order valence-corrected chi connectivity index (χ0v) is 15.2. The number of fused-ring (bicyclic) bond motifs is 1. The summed E-state index contributed by atoms with van der Waals surface area (Å²) in [6.45, 7) is 3.36. The van der Waals surface area contributed by atoms with Gasteiger partial charge < -0.3 is 19.0 Å². The summed E-state index contributed by atoms with van der Waals surface area (Å²) < 4.78 is 11.0. The Balaban J connectivity index is 1.65. The van der Waals surface area contributed by atoms with Crippen LogP contribution in [0, 0.1) is 6.92 Å². The summed E-state index contributed by atoms with van der Waals surface area (Å²) in [5, 5.41) is 0.951. The molecule has 140 valence electrons. The second kappa shape index (κ2) is 7.40. The molecular formula is C21H22N2O4. The second-order valence-electron chi connectivity index (χ2n) is 7.01. The van der Waals surface area contributed by atoms with Crippen LogP contribution >= 0.6 is 0 Å². The Morgan fingerprint density at radius 2 is 2.19 bits per heavy atom. The molecule has 6 nitrogen and oxygen atoms in total. The lowest BCUT2D eigenvalue weighted by atomic mass is 10.1. The van der Waals surface area contributed by atoms with E-state index in [1.54, 1.807) is 17.0 Å². The van der Waals surface area contributed by atoms with E-state index in [2.05, 4.69) is 4.98 Å². The van der Waals surface area contributed by atoms with Gasteiger partial charge in [-0.2, -0.15) is 0 Å². The van der Waals surface area contributed by atoms with Crippen molar-refractivity contribution >= 4 is 16.8 Å². The number of aromatic amines is 1. The molecule has 1 aliphatic rings. The number of amides is 1. The Bertz CT molecular complexity index is 1000. The van der Waals surface area contributed by atoms with E-state index in [0.717, 1.165) is 29.3 Å². The fraction of sp³-hybridized carbons (Fsp3) is 0.333. The molecule has 3 aromatic rings. The van der Waals surface area contributed by atoms with Crippen LogP contribution in [0.25, 0.3) is 10.9 Å². The third kappa shape index (κ3) is 3.80. The minimum absolute atomic E-state index is 0.00862. The van der Waals surface area contributed by atoms with Gasteiger partial charge in [0.15, 0.2) is 5.76 Å². The van der Waals surface area contributed by atoms with Crippen LogP contribution in [0.2, 0.25) is 0 Å². The number of aryl methyl sites for hydroxylation is 1. The summed E-state index contributed by atoms with van der Waals surface area (Å²) in [5.74, 6) is 0.0281. The van der Waals surface area contributed by atoms with Crippen molar-refractivity contribution in [1.82, 2.24) is 9.88 Å². The molecule has 1 fully saturated rings. The summed E-state index contributed by atoms with van der Waals surface area (Å²) in [7, 11) is 0. The number of furan rings is 1. The molecule has 27 heavy (non-hydrogen) atoms. The number of carbonyl (C=O) groups is 1. The number of benzene rings is 1. The van der Waals surface area contributed by atoms with Gasteiger partial charge in [-0.3, -0.25) is 9.59 Å². The first-order valence-corrected chi connectivity index (χ1v) is 9.17. The molecule has 1 N–H and O–H groups in total. The number of aromatic nitrogens is 1. The lowest BCUT2D eigenvalue weighted by molar-refractivity contribution is 0.0483. The topological polar surface area (TPSA) is 75.5 Å². The van der Waals surface area contributed by atoms with Crippen molar-refractivity contribution in [3.8, 4) is 0 Å². The molecule has 0 unspecified atom stereocenters. The SMILES string of the molecule is Cc1ccc2[nH]c(=O)c(CN(C[C@@H]3CCCO3)C(=O)c3ccco3)cc2c1. The highest BCUT2D eigenvalue weighted by Gasteiger charge is 2.25. The Kier molecular flexibility index (Phi) is 4.81. The van der Waals surface area contributed by atoms with Crippen LogP contribution < -0.4 is 5.56 Å². The fourth-order valence-electron chi connectivity index (χ4n) is 3.50. The fourth-order valence-corrected chi connectivity index (χ4v) is 3.50. The summed E-state index contributed by atoms with van der Waals surface area (Å²) >= 11 is 0. The predicted molar refractivity (Wildman–Crippen MR) is 102 cm³/mol. The van der Waals surface area contributed by atoms with Crippen LogP contribution in [0.15, 0.2) is 51.9 Å². The number of pyridine rings is 1. The van der Waals surface area contributed by atoms with Gasteiger partial charge in [0.05, 0.1) is 18.9 Å². The van der Waals surface area contributed by atoms with E-state index in [-0.39, 0.29) is 29.9 Å². The van der Waals surface area contributed by atoms with Crippen LogP contribution in [-0.4, -0.2) is 35.0 Å². The summed E-state index contributed by atoms with van der Waals surface area (Å²) in [6, 6.07) is 11.1. The zero-order chi connectivity index (χ0) is 18.8. The highest BCUT2D eigenvalue weighted by molar-refractivity contribution is 5.91. The maximum atomic E-state index is 12.9. The molecule has 1 aliphatic heterocycles. The van der Waals surface area contributed by atoms with Crippen LogP contribution in [-0.2, 0) is 11.3 Å². The average molecular weight is 366 g/mol. The standard InChI is InChI=1S/C21H22N2O4/c1-14-6-7-18-15(10-14)11-16(20(24)22-18)12-23(13-17-4-2-8-26-17)21(25)19-5-3-9-27-19/h3,5-7,9-11,17H,2,4,8,12-13H2,1H3,(H,22,24)/t17-/m0/s1. The molecule has 0 spiro atoms. The first-order chi connectivity index (χ1) is 13.1. The van der Waals surface area contributed by atoms with Gasteiger partial charge in [-0.15, -0.1) is 0 Å². The van der Waals surface area contributed by atoms with Crippen molar-refractivity contribution < 1.29 is 13.9 Å². The second-order valence-corrected chi connectivity index (χ2v) is 7.01. The van der Waals surface area contributed by atoms with E-state index in [1.807, 2.05) is 31.2 Å². The quantitative estimate of drug-likeness (QED) is 0.752. The number of nitrogens with zero attached hydrogens (tertiary/aromatic N) is 1. The van der Waals surface area contributed by atoms with Crippen LogP contribution in [0.3, 0.4) is 0 Å². The monoisotopic (exact) mass is 366 g/mol. The van der Waals surface area contributed by atoms with Crippen molar-refractivity contribution in [3.63, 3.8) is 0 Å². The van der Waals surface area contributed by atoms with E-state index in [0.29, 0.717) is 18.7 Å². The van der Waals surface area contributed by atoms with E-state index in [4.69, 9.17) is 9.15 Å². The average Bonchev–Trinajstić information content (AvgIpc) is 3.35. The first kappa shape index (κ1) is 17.5. The molecule has 0 radical (unpaired) electrons. The van der Waals surface area contributed by atoms with Crippen molar-refractivity contribution in [2.45, 2.75) is 32.4 Å². The highest BCUT2D eigenvalue weighted by Crippen LogP contribution is 2.18. The molecule has 1 atom stereocenters. The van der Waals surface area contributed by atoms with Gasteiger partial charge in [0.1, 0.15) is 0 Å². The summed E-state index contributed by atoms with van der Waals surface area (Å²) in [6.07, 6.45) is 3.37. The van der Waals surface area contributed by atoms with Gasteiger partial charge >= 0.3 is 0 Å². The van der Waals surface area contributed by atoms with E-state index in [9.17, 15) is 9.59 Å². The van der Waals surface area contributed by atoms with Crippen molar-refractivity contribution in [3.05, 3.63) is 69.9 Å². The molecular weight excluding hydrogens is 344 g/mol.